The maximum absolute atomic E-state index is 12.4. The molecule has 2 aromatic rings. The van der Waals surface area contributed by atoms with Crippen molar-refractivity contribution in [3.8, 4) is 0 Å². The van der Waals surface area contributed by atoms with Crippen molar-refractivity contribution in [2.45, 2.75) is 45.1 Å². The molecule has 0 saturated heterocycles. The molecule has 1 aliphatic carbocycles. The number of nitrogens with one attached hydrogen (secondary N) is 1. The SMILES string of the molecule is Cc1ccc(Cc2nc(C(=O)NC3CCC(CO)CC3)cs2)cc1. The number of aliphatic hydroxyl groups excluding tert-OH is 1. The Kier molecular flexibility index (Phi) is 5.63. The molecular formula is C19H24N2O2S. The summed E-state index contributed by atoms with van der Waals surface area (Å²) in [4.78, 5) is 16.8. The number of rotatable bonds is 5. The lowest BCUT2D eigenvalue weighted by atomic mass is 9.86. The number of amides is 1. The highest BCUT2D eigenvalue weighted by Crippen LogP contribution is 2.24. The molecule has 0 unspecified atom stereocenters. The third-order valence-electron chi connectivity index (χ3n) is 4.70. The minimum atomic E-state index is -0.0751. The Hall–Kier alpha value is -1.72. The van der Waals surface area contributed by atoms with Crippen LogP contribution in [0.1, 0.15) is 52.3 Å². The maximum Gasteiger partial charge on any atom is 0.270 e. The zero-order valence-electron chi connectivity index (χ0n) is 14.0. The average molecular weight is 344 g/mol. The lowest BCUT2D eigenvalue weighted by Gasteiger charge is -2.27. The first-order valence-corrected chi connectivity index (χ1v) is 9.43. The fourth-order valence-corrected chi connectivity index (χ4v) is 3.93. The van der Waals surface area contributed by atoms with Crippen LogP contribution in [0.4, 0.5) is 0 Å². The Bertz CT molecular complexity index is 673. The molecule has 3 rings (SSSR count). The van der Waals surface area contributed by atoms with Crippen LogP contribution in [-0.2, 0) is 6.42 Å². The van der Waals surface area contributed by atoms with Crippen LogP contribution >= 0.6 is 11.3 Å². The van der Waals surface area contributed by atoms with Crippen LogP contribution < -0.4 is 5.32 Å². The topological polar surface area (TPSA) is 62.2 Å². The van der Waals surface area contributed by atoms with Crippen LogP contribution in [0.25, 0.3) is 0 Å². The number of aryl methyl sites for hydroxylation is 1. The summed E-state index contributed by atoms with van der Waals surface area (Å²) < 4.78 is 0. The number of benzene rings is 1. The zero-order chi connectivity index (χ0) is 16.9. The van der Waals surface area contributed by atoms with Gasteiger partial charge in [-0.3, -0.25) is 4.79 Å². The Morgan fingerprint density at radius 2 is 1.96 bits per heavy atom. The number of thiazole rings is 1. The first-order chi connectivity index (χ1) is 11.6. The van der Waals surface area contributed by atoms with Gasteiger partial charge in [0.15, 0.2) is 0 Å². The second kappa shape index (κ2) is 7.90. The Morgan fingerprint density at radius 3 is 2.62 bits per heavy atom. The summed E-state index contributed by atoms with van der Waals surface area (Å²) >= 11 is 1.54. The van der Waals surface area contributed by atoms with Crippen LogP contribution in [0.3, 0.4) is 0 Å². The van der Waals surface area contributed by atoms with Crippen molar-refractivity contribution < 1.29 is 9.90 Å². The third-order valence-corrected chi connectivity index (χ3v) is 5.55. The van der Waals surface area contributed by atoms with Gasteiger partial charge in [0.05, 0.1) is 5.01 Å². The third kappa shape index (κ3) is 4.42. The first kappa shape index (κ1) is 17.1. The summed E-state index contributed by atoms with van der Waals surface area (Å²) in [5.74, 6) is 0.326. The Morgan fingerprint density at radius 1 is 1.25 bits per heavy atom. The van der Waals surface area contributed by atoms with Crippen LogP contribution in [0, 0.1) is 12.8 Å². The summed E-state index contributed by atoms with van der Waals surface area (Å²) in [6.45, 7) is 2.33. The van der Waals surface area contributed by atoms with Gasteiger partial charge in [-0.25, -0.2) is 4.98 Å². The van der Waals surface area contributed by atoms with E-state index in [1.54, 1.807) is 0 Å². The first-order valence-electron chi connectivity index (χ1n) is 8.55. The highest BCUT2D eigenvalue weighted by molar-refractivity contribution is 7.09. The van der Waals surface area contributed by atoms with Crippen molar-refractivity contribution in [1.29, 1.82) is 0 Å². The Labute approximate surface area is 146 Å². The van der Waals surface area contributed by atoms with Gasteiger partial charge in [-0.15, -0.1) is 11.3 Å². The van der Waals surface area contributed by atoms with Crippen LogP contribution in [0.5, 0.6) is 0 Å². The van der Waals surface area contributed by atoms with Crippen molar-refractivity contribution in [2.24, 2.45) is 5.92 Å². The van der Waals surface area contributed by atoms with E-state index in [1.165, 1.54) is 22.5 Å². The fraction of sp³-hybridized carbons (Fsp3) is 0.474. The number of hydrogen-bond acceptors (Lipinski definition) is 4. The molecule has 1 aromatic carbocycles. The summed E-state index contributed by atoms with van der Waals surface area (Å²) in [5, 5.41) is 15.1. The van der Waals surface area contributed by atoms with Gasteiger partial charge in [0.1, 0.15) is 5.69 Å². The summed E-state index contributed by atoms with van der Waals surface area (Å²) in [7, 11) is 0. The number of carbonyl (C=O) groups excluding carboxylic acids is 1. The standard InChI is InChI=1S/C19H24N2O2S/c1-13-2-4-14(5-3-13)10-18-21-17(12-24-18)19(23)20-16-8-6-15(11-22)7-9-16/h2-5,12,15-16,22H,6-11H2,1H3,(H,20,23). The number of nitrogens with zero attached hydrogens (tertiary/aromatic N) is 1. The van der Waals surface area contributed by atoms with Gasteiger partial charge in [0.25, 0.3) is 5.91 Å². The Balaban J connectivity index is 1.55. The van der Waals surface area contributed by atoms with E-state index >= 15 is 0 Å². The quantitative estimate of drug-likeness (QED) is 0.874. The average Bonchev–Trinajstić information content (AvgIpc) is 3.06. The smallest absolute Gasteiger partial charge is 0.270 e. The van der Waals surface area contributed by atoms with Gasteiger partial charge in [-0.2, -0.15) is 0 Å². The van der Waals surface area contributed by atoms with Crippen molar-refractivity contribution in [2.75, 3.05) is 6.61 Å². The molecular weight excluding hydrogens is 320 g/mol. The van der Waals surface area contributed by atoms with E-state index in [-0.39, 0.29) is 18.6 Å². The molecule has 1 aliphatic rings. The normalized spacial score (nSPS) is 20.8. The molecule has 0 aliphatic heterocycles. The summed E-state index contributed by atoms with van der Waals surface area (Å²) in [6, 6.07) is 8.62. The zero-order valence-corrected chi connectivity index (χ0v) is 14.8. The predicted molar refractivity (Wildman–Crippen MR) is 96.4 cm³/mol. The second-order valence-corrected chi connectivity index (χ2v) is 7.61. The van der Waals surface area contributed by atoms with Gasteiger partial charge in [-0.05, 0) is 44.1 Å². The fourth-order valence-electron chi connectivity index (χ4n) is 3.13. The molecule has 1 amide bonds. The molecule has 0 radical (unpaired) electrons. The van der Waals surface area contributed by atoms with E-state index < -0.39 is 0 Å². The molecule has 128 valence electrons. The van der Waals surface area contributed by atoms with Crippen molar-refractivity contribution >= 4 is 17.2 Å². The van der Waals surface area contributed by atoms with Gasteiger partial charge in [0.2, 0.25) is 0 Å². The van der Waals surface area contributed by atoms with Crippen molar-refractivity contribution in [3.63, 3.8) is 0 Å². The second-order valence-electron chi connectivity index (χ2n) is 6.66. The molecule has 24 heavy (non-hydrogen) atoms. The highest BCUT2D eigenvalue weighted by atomic mass is 32.1. The predicted octanol–water partition coefficient (Wildman–Crippen LogP) is 3.32. The van der Waals surface area contributed by atoms with Gasteiger partial charge in [-0.1, -0.05) is 29.8 Å². The van der Waals surface area contributed by atoms with E-state index in [9.17, 15) is 9.90 Å². The minimum Gasteiger partial charge on any atom is -0.396 e. The molecule has 0 bridgehead atoms. The van der Waals surface area contributed by atoms with Crippen LogP contribution in [-0.4, -0.2) is 28.6 Å². The van der Waals surface area contributed by atoms with E-state index in [1.807, 2.05) is 5.38 Å². The van der Waals surface area contributed by atoms with Crippen LogP contribution in [0.15, 0.2) is 29.6 Å². The molecule has 1 saturated carbocycles. The lowest BCUT2D eigenvalue weighted by Crippen LogP contribution is -2.38. The molecule has 5 heteroatoms. The van der Waals surface area contributed by atoms with E-state index in [0.29, 0.717) is 11.6 Å². The molecule has 0 spiro atoms. The maximum atomic E-state index is 12.4. The van der Waals surface area contributed by atoms with Crippen molar-refractivity contribution in [3.05, 3.63) is 51.5 Å². The number of aromatic nitrogens is 1. The van der Waals surface area contributed by atoms with E-state index in [2.05, 4.69) is 41.5 Å². The van der Waals surface area contributed by atoms with Gasteiger partial charge in [0, 0.05) is 24.4 Å². The largest absolute Gasteiger partial charge is 0.396 e. The number of aliphatic hydroxyl groups is 1. The summed E-state index contributed by atoms with van der Waals surface area (Å²) in [5.41, 5.74) is 2.98. The lowest BCUT2D eigenvalue weighted by molar-refractivity contribution is 0.0909. The summed E-state index contributed by atoms with van der Waals surface area (Å²) in [6.07, 6.45) is 4.61. The van der Waals surface area contributed by atoms with Gasteiger partial charge < -0.3 is 10.4 Å². The molecule has 4 nitrogen and oxygen atoms in total. The molecule has 2 N–H and O–H groups in total. The van der Waals surface area contributed by atoms with E-state index in [4.69, 9.17) is 0 Å². The molecule has 0 atom stereocenters. The molecule has 1 heterocycles. The monoisotopic (exact) mass is 344 g/mol. The number of carbonyl (C=O) groups is 1. The van der Waals surface area contributed by atoms with Crippen LogP contribution in [0.2, 0.25) is 0 Å². The van der Waals surface area contributed by atoms with E-state index in [0.717, 1.165) is 37.1 Å². The molecule has 1 aromatic heterocycles. The number of hydrogen-bond donors (Lipinski definition) is 2. The minimum absolute atomic E-state index is 0.0751. The highest BCUT2D eigenvalue weighted by Gasteiger charge is 2.23. The van der Waals surface area contributed by atoms with Crippen molar-refractivity contribution in [1.82, 2.24) is 10.3 Å². The molecule has 1 fully saturated rings. The van der Waals surface area contributed by atoms with Gasteiger partial charge >= 0.3 is 0 Å².